The van der Waals surface area contributed by atoms with Crippen molar-refractivity contribution in [3.8, 4) is 5.75 Å². The Morgan fingerprint density at radius 3 is 2.29 bits per heavy atom. The van der Waals surface area contributed by atoms with Crippen molar-refractivity contribution in [2.75, 3.05) is 19.0 Å². The largest absolute Gasteiger partial charge is 0.482 e. The Hall–Kier alpha value is -2.08. The van der Waals surface area contributed by atoms with Gasteiger partial charge in [0.1, 0.15) is 5.75 Å². The number of hydrogen-bond acceptors (Lipinski definition) is 5. The smallest absolute Gasteiger partial charge is 0.343 e. The first-order chi connectivity index (χ1) is 9.74. The number of methoxy groups -OCH3 is 1. The molecule has 6 nitrogen and oxygen atoms in total. The van der Waals surface area contributed by atoms with Gasteiger partial charge in [0, 0.05) is 5.69 Å². The van der Waals surface area contributed by atoms with Crippen LogP contribution in [0.4, 0.5) is 5.69 Å². The molecular formula is C15H22N2O4. The molecular weight excluding hydrogens is 272 g/mol. The lowest BCUT2D eigenvalue weighted by atomic mass is 9.87. The lowest BCUT2D eigenvalue weighted by Gasteiger charge is -2.25. The topological polar surface area (TPSA) is 90.6 Å². The molecule has 0 heterocycles. The van der Waals surface area contributed by atoms with Crippen LogP contribution in [0.1, 0.15) is 20.8 Å². The molecule has 6 heteroatoms. The Morgan fingerprint density at radius 1 is 1.24 bits per heavy atom. The Morgan fingerprint density at radius 2 is 1.81 bits per heavy atom. The molecule has 1 atom stereocenters. The predicted octanol–water partition coefficient (Wildman–Crippen LogP) is 1.55. The first-order valence-electron chi connectivity index (χ1n) is 6.60. The molecule has 1 rings (SSSR count). The zero-order valence-corrected chi connectivity index (χ0v) is 12.8. The van der Waals surface area contributed by atoms with Crippen molar-refractivity contribution in [2.24, 2.45) is 11.1 Å². The fourth-order valence-corrected chi connectivity index (χ4v) is 1.45. The van der Waals surface area contributed by atoms with Crippen molar-refractivity contribution in [2.45, 2.75) is 26.8 Å². The maximum Gasteiger partial charge on any atom is 0.343 e. The van der Waals surface area contributed by atoms with E-state index in [4.69, 9.17) is 10.5 Å². The highest BCUT2D eigenvalue weighted by Crippen LogP contribution is 2.20. The first kappa shape index (κ1) is 17.0. The van der Waals surface area contributed by atoms with Gasteiger partial charge in [-0.25, -0.2) is 4.79 Å². The van der Waals surface area contributed by atoms with Crippen molar-refractivity contribution in [1.82, 2.24) is 0 Å². The molecule has 0 saturated heterocycles. The second-order valence-corrected chi connectivity index (χ2v) is 5.72. The molecule has 1 aromatic carbocycles. The highest BCUT2D eigenvalue weighted by atomic mass is 16.6. The Labute approximate surface area is 124 Å². The lowest BCUT2D eigenvalue weighted by Crippen LogP contribution is -2.45. The van der Waals surface area contributed by atoms with E-state index in [9.17, 15) is 9.59 Å². The van der Waals surface area contributed by atoms with Crippen LogP contribution < -0.4 is 15.8 Å². The second kappa shape index (κ2) is 7.08. The van der Waals surface area contributed by atoms with Gasteiger partial charge in [-0.15, -0.1) is 0 Å². The molecule has 0 aromatic heterocycles. The molecule has 3 N–H and O–H groups in total. The maximum atomic E-state index is 12.0. The van der Waals surface area contributed by atoms with Gasteiger partial charge < -0.3 is 20.5 Å². The molecule has 0 spiro atoms. The van der Waals surface area contributed by atoms with Crippen LogP contribution in [0.5, 0.6) is 5.75 Å². The van der Waals surface area contributed by atoms with Gasteiger partial charge in [-0.2, -0.15) is 0 Å². The molecule has 0 saturated carbocycles. The third-order valence-corrected chi connectivity index (χ3v) is 2.92. The van der Waals surface area contributed by atoms with Crippen molar-refractivity contribution in [1.29, 1.82) is 0 Å². The molecule has 0 fully saturated rings. The summed E-state index contributed by atoms with van der Waals surface area (Å²) in [4.78, 5) is 22.9. The van der Waals surface area contributed by atoms with Gasteiger partial charge in [-0.1, -0.05) is 20.8 Å². The SMILES string of the molecule is COC(=O)COc1ccc(NC(=O)C(N)C(C)(C)C)cc1. The Kier molecular flexibility index (Phi) is 5.72. The predicted molar refractivity (Wildman–Crippen MR) is 80.0 cm³/mol. The molecule has 0 bridgehead atoms. The van der Waals surface area contributed by atoms with Crippen LogP contribution in [0.2, 0.25) is 0 Å². The number of anilines is 1. The van der Waals surface area contributed by atoms with E-state index in [-0.39, 0.29) is 17.9 Å². The van der Waals surface area contributed by atoms with Gasteiger partial charge in [0.15, 0.2) is 6.61 Å². The molecule has 0 aliphatic rings. The summed E-state index contributed by atoms with van der Waals surface area (Å²) in [5.41, 5.74) is 6.18. The van der Waals surface area contributed by atoms with Gasteiger partial charge >= 0.3 is 5.97 Å². The first-order valence-corrected chi connectivity index (χ1v) is 6.60. The molecule has 1 unspecified atom stereocenters. The van der Waals surface area contributed by atoms with E-state index >= 15 is 0 Å². The Balaban J connectivity index is 2.59. The van der Waals surface area contributed by atoms with E-state index < -0.39 is 12.0 Å². The van der Waals surface area contributed by atoms with Crippen LogP contribution in [-0.2, 0) is 14.3 Å². The summed E-state index contributed by atoms with van der Waals surface area (Å²) in [6.07, 6.45) is 0. The summed E-state index contributed by atoms with van der Waals surface area (Å²) in [6, 6.07) is 6.06. The minimum atomic E-state index is -0.604. The third kappa shape index (κ3) is 5.43. The van der Waals surface area contributed by atoms with Gasteiger partial charge in [0.2, 0.25) is 5.91 Å². The van der Waals surface area contributed by atoms with E-state index in [2.05, 4.69) is 10.1 Å². The highest BCUT2D eigenvalue weighted by molar-refractivity contribution is 5.95. The van der Waals surface area contributed by atoms with Crippen LogP contribution in [0, 0.1) is 5.41 Å². The van der Waals surface area contributed by atoms with Crippen molar-refractivity contribution in [3.05, 3.63) is 24.3 Å². The maximum absolute atomic E-state index is 12.0. The summed E-state index contributed by atoms with van der Waals surface area (Å²) >= 11 is 0. The van der Waals surface area contributed by atoms with E-state index in [0.717, 1.165) is 0 Å². The minimum absolute atomic E-state index is 0.156. The normalized spacial score (nSPS) is 12.4. The number of hydrogen-bond donors (Lipinski definition) is 2. The van der Waals surface area contributed by atoms with Crippen LogP contribution in [0.25, 0.3) is 0 Å². The van der Waals surface area contributed by atoms with Crippen LogP contribution in [-0.4, -0.2) is 31.6 Å². The van der Waals surface area contributed by atoms with Crippen molar-refractivity contribution >= 4 is 17.6 Å². The minimum Gasteiger partial charge on any atom is -0.482 e. The quantitative estimate of drug-likeness (QED) is 0.804. The summed E-state index contributed by atoms with van der Waals surface area (Å²) in [5, 5.41) is 2.74. The van der Waals surface area contributed by atoms with E-state index in [1.165, 1.54) is 7.11 Å². The average molecular weight is 294 g/mol. The number of ether oxygens (including phenoxy) is 2. The monoisotopic (exact) mass is 294 g/mol. The van der Waals surface area contributed by atoms with Gasteiger partial charge in [-0.3, -0.25) is 4.79 Å². The molecule has 0 aliphatic heterocycles. The number of carbonyl (C=O) groups is 2. The highest BCUT2D eigenvalue weighted by Gasteiger charge is 2.27. The van der Waals surface area contributed by atoms with Crippen LogP contribution in [0.15, 0.2) is 24.3 Å². The second-order valence-electron chi connectivity index (χ2n) is 5.72. The van der Waals surface area contributed by atoms with Gasteiger partial charge in [0.25, 0.3) is 0 Å². The third-order valence-electron chi connectivity index (χ3n) is 2.92. The van der Waals surface area contributed by atoms with Gasteiger partial charge in [-0.05, 0) is 29.7 Å². The molecule has 21 heavy (non-hydrogen) atoms. The zero-order valence-electron chi connectivity index (χ0n) is 12.8. The number of esters is 1. The number of nitrogens with two attached hydrogens (primary N) is 1. The standard InChI is InChI=1S/C15H22N2O4/c1-15(2,3)13(16)14(19)17-10-5-7-11(8-6-10)21-9-12(18)20-4/h5-8,13H,9,16H2,1-4H3,(H,17,19). The van der Waals surface area contributed by atoms with Crippen LogP contribution in [0.3, 0.4) is 0 Å². The molecule has 0 aliphatic carbocycles. The number of nitrogens with one attached hydrogen (secondary N) is 1. The van der Waals surface area contributed by atoms with Crippen molar-refractivity contribution in [3.63, 3.8) is 0 Å². The summed E-state index contributed by atoms with van der Waals surface area (Å²) in [6.45, 7) is 5.56. The number of rotatable bonds is 5. The summed E-state index contributed by atoms with van der Waals surface area (Å²) < 4.78 is 9.68. The molecule has 116 valence electrons. The summed E-state index contributed by atoms with van der Waals surface area (Å²) in [7, 11) is 1.29. The van der Waals surface area contributed by atoms with Crippen molar-refractivity contribution < 1.29 is 19.1 Å². The van der Waals surface area contributed by atoms with Crippen LogP contribution >= 0.6 is 0 Å². The number of amides is 1. The fraction of sp³-hybridized carbons (Fsp3) is 0.467. The molecule has 0 radical (unpaired) electrons. The van der Waals surface area contributed by atoms with Gasteiger partial charge in [0.05, 0.1) is 13.2 Å². The lowest BCUT2D eigenvalue weighted by molar-refractivity contribution is -0.142. The van der Waals surface area contributed by atoms with E-state index in [1.54, 1.807) is 24.3 Å². The molecule has 1 aromatic rings. The van der Waals surface area contributed by atoms with E-state index in [1.807, 2.05) is 20.8 Å². The van der Waals surface area contributed by atoms with E-state index in [0.29, 0.717) is 11.4 Å². The summed E-state index contributed by atoms with van der Waals surface area (Å²) in [5.74, 6) is -0.187. The number of carbonyl (C=O) groups excluding carboxylic acids is 2. The fourth-order valence-electron chi connectivity index (χ4n) is 1.45. The zero-order chi connectivity index (χ0) is 16.0. The Bertz CT molecular complexity index is 491. The molecule has 1 amide bonds. The number of benzene rings is 1. The average Bonchev–Trinajstić information content (AvgIpc) is 2.44.